The molecule has 13 heavy (non-hydrogen) atoms. The molecule has 3 nitrogen and oxygen atoms in total. The van der Waals surface area contributed by atoms with Crippen LogP contribution in [0.2, 0.25) is 0 Å². The molecule has 0 saturated heterocycles. The Balaban J connectivity index is 2.98. The highest BCUT2D eigenvalue weighted by Gasteiger charge is 1.94. The Hall–Kier alpha value is -2.08. The number of hydrogen-bond acceptors (Lipinski definition) is 3. The summed E-state index contributed by atoms with van der Waals surface area (Å²) in [5, 5.41) is 17.4. The quantitative estimate of drug-likeness (QED) is 0.542. The van der Waals surface area contributed by atoms with Gasteiger partial charge in [0.15, 0.2) is 0 Å². The Morgan fingerprint density at radius 2 is 2.00 bits per heavy atom. The second-order valence-corrected chi connectivity index (χ2v) is 2.36. The molecule has 1 aromatic carbocycles. The average molecular weight is 172 g/mol. The van der Waals surface area contributed by atoms with E-state index < -0.39 is 0 Å². The van der Waals surface area contributed by atoms with E-state index in [0.29, 0.717) is 5.56 Å². The van der Waals surface area contributed by atoms with E-state index in [1.807, 2.05) is 0 Å². The zero-order valence-corrected chi connectivity index (χ0v) is 6.69. The molecule has 0 aliphatic rings. The van der Waals surface area contributed by atoms with Crippen LogP contribution in [-0.2, 0) is 4.79 Å². The predicted molar refractivity (Wildman–Crippen MR) is 47.4 cm³/mol. The third-order valence-corrected chi connectivity index (χ3v) is 1.43. The Kier molecular flexibility index (Phi) is 2.82. The number of aromatic hydroxyl groups is 1. The lowest BCUT2D eigenvalue weighted by atomic mass is 10.1. The molecular weight excluding hydrogens is 166 g/mol. The smallest absolute Gasteiger partial charge is 0.244 e. The van der Waals surface area contributed by atoms with Crippen molar-refractivity contribution in [2.24, 2.45) is 0 Å². The second kappa shape index (κ2) is 4.07. The number of hydrogen-bond donors (Lipinski definition) is 1. The lowest BCUT2D eigenvalue weighted by Crippen LogP contribution is -1.79. The Morgan fingerprint density at radius 1 is 1.38 bits per heavy atom. The molecule has 0 amide bonds. The standard InChI is InChI=1S/C10H6NO2/c11-6-9(7-12)5-8-1-3-10(13)4-2-8/h1-5,13H/b9-5+. The molecular formula is C10H6NO2. The molecule has 1 rings (SSSR count). The van der Waals surface area contributed by atoms with E-state index in [1.54, 1.807) is 18.2 Å². The van der Waals surface area contributed by atoms with Gasteiger partial charge in [0.1, 0.15) is 17.4 Å². The van der Waals surface area contributed by atoms with E-state index in [9.17, 15) is 4.79 Å². The molecule has 0 bridgehead atoms. The number of nitriles is 1. The zero-order chi connectivity index (χ0) is 9.68. The lowest BCUT2D eigenvalue weighted by molar-refractivity contribution is 0.475. The summed E-state index contributed by atoms with van der Waals surface area (Å²) >= 11 is 0. The first-order valence-electron chi connectivity index (χ1n) is 3.55. The molecule has 0 atom stereocenters. The van der Waals surface area contributed by atoms with Crippen molar-refractivity contribution in [3.8, 4) is 11.8 Å². The van der Waals surface area contributed by atoms with E-state index in [4.69, 9.17) is 10.4 Å². The van der Waals surface area contributed by atoms with Gasteiger partial charge in [0, 0.05) is 0 Å². The molecule has 0 saturated carbocycles. The highest BCUT2D eigenvalue weighted by Crippen LogP contribution is 2.11. The van der Waals surface area contributed by atoms with Crippen molar-refractivity contribution in [2.75, 3.05) is 0 Å². The van der Waals surface area contributed by atoms with Crippen LogP contribution in [0, 0.1) is 11.3 Å². The minimum Gasteiger partial charge on any atom is -0.508 e. The summed E-state index contributed by atoms with van der Waals surface area (Å²) in [7, 11) is 0. The summed E-state index contributed by atoms with van der Waals surface area (Å²) < 4.78 is 0. The summed E-state index contributed by atoms with van der Waals surface area (Å²) in [5.74, 6) is 0.144. The van der Waals surface area contributed by atoms with Crippen molar-refractivity contribution in [2.45, 2.75) is 0 Å². The lowest BCUT2D eigenvalue weighted by Gasteiger charge is -1.92. The largest absolute Gasteiger partial charge is 0.508 e. The molecule has 0 fully saturated rings. The van der Waals surface area contributed by atoms with Gasteiger partial charge < -0.3 is 5.11 Å². The van der Waals surface area contributed by atoms with Crippen LogP contribution in [-0.4, -0.2) is 11.4 Å². The van der Waals surface area contributed by atoms with Gasteiger partial charge in [-0.2, -0.15) is 5.26 Å². The highest BCUT2D eigenvalue weighted by molar-refractivity contribution is 5.87. The Labute approximate surface area is 75.5 Å². The average Bonchev–Trinajstić information content (AvgIpc) is 2.17. The van der Waals surface area contributed by atoms with E-state index in [1.165, 1.54) is 24.5 Å². The first-order valence-corrected chi connectivity index (χ1v) is 3.55. The molecule has 0 aliphatic heterocycles. The van der Waals surface area contributed by atoms with E-state index >= 15 is 0 Å². The zero-order valence-electron chi connectivity index (χ0n) is 6.69. The SMILES string of the molecule is N#C/C([C]=O)=C\c1ccc(O)cc1. The van der Waals surface area contributed by atoms with Gasteiger partial charge in [0.05, 0.1) is 0 Å². The summed E-state index contributed by atoms with van der Waals surface area (Å²) in [6.07, 6.45) is 2.90. The van der Waals surface area contributed by atoms with Crippen LogP contribution in [0.4, 0.5) is 0 Å². The number of phenols is 1. The van der Waals surface area contributed by atoms with Crippen LogP contribution in [0.15, 0.2) is 29.8 Å². The van der Waals surface area contributed by atoms with Crippen LogP contribution in [0.25, 0.3) is 6.08 Å². The monoisotopic (exact) mass is 172 g/mol. The van der Waals surface area contributed by atoms with Gasteiger partial charge in [0.25, 0.3) is 0 Å². The third kappa shape index (κ3) is 2.46. The normalized spacial score (nSPS) is 10.5. The van der Waals surface area contributed by atoms with Gasteiger partial charge in [-0.25, -0.2) is 0 Å². The summed E-state index contributed by atoms with van der Waals surface area (Å²) in [5.41, 5.74) is 0.614. The maximum Gasteiger partial charge on any atom is 0.244 e. The minimum atomic E-state index is -0.0642. The van der Waals surface area contributed by atoms with E-state index in [0.717, 1.165) is 0 Å². The fourth-order valence-electron chi connectivity index (χ4n) is 0.822. The summed E-state index contributed by atoms with van der Waals surface area (Å²) in [6, 6.07) is 7.85. The van der Waals surface area contributed by atoms with Crippen LogP contribution in [0.1, 0.15) is 5.56 Å². The fraction of sp³-hybridized carbons (Fsp3) is 0. The van der Waals surface area contributed by atoms with Gasteiger partial charge in [-0.15, -0.1) is 0 Å². The molecule has 0 aromatic heterocycles. The van der Waals surface area contributed by atoms with Crippen molar-refractivity contribution in [1.29, 1.82) is 5.26 Å². The van der Waals surface area contributed by atoms with Gasteiger partial charge in [-0.1, -0.05) is 12.1 Å². The second-order valence-electron chi connectivity index (χ2n) is 2.36. The number of phenolic OH excluding ortho intramolecular Hbond substituents is 1. The van der Waals surface area contributed by atoms with Crippen LogP contribution in [0.3, 0.4) is 0 Å². The number of benzene rings is 1. The molecule has 0 aliphatic carbocycles. The number of nitrogens with zero attached hydrogens (tertiary/aromatic N) is 1. The molecule has 0 spiro atoms. The minimum absolute atomic E-state index is 0.0642. The number of allylic oxidation sites excluding steroid dienone is 1. The van der Waals surface area contributed by atoms with Crippen LogP contribution >= 0.6 is 0 Å². The van der Waals surface area contributed by atoms with Gasteiger partial charge in [-0.3, -0.25) is 4.79 Å². The molecule has 1 aromatic rings. The topological polar surface area (TPSA) is 61.1 Å². The number of carbonyl (C=O) groups excluding carboxylic acids is 1. The maximum atomic E-state index is 10.1. The van der Waals surface area contributed by atoms with Crippen molar-refractivity contribution < 1.29 is 9.90 Å². The highest BCUT2D eigenvalue weighted by atomic mass is 16.3. The molecule has 1 radical (unpaired) electrons. The van der Waals surface area contributed by atoms with E-state index in [-0.39, 0.29) is 11.3 Å². The maximum absolute atomic E-state index is 10.1. The van der Waals surface area contributed by atoms with Gasteiger partial charge >= 0.3 is 0 Å². The summed E-state index contributed by atoms with van der Waals surface area (Å²) in [4.78, 5) is 10.1. The number of rotatable bonds is 2. The molecule has 0 heterocycles. The van der Waals surface area contributed by atoms with Crippen molar-refractivity contribution >= 4 is 12.4 Å². The van der Waals surface area contributed by atoms with Crippen LogP contribution < -0.4 is 0 Å². The molecule has 63 valence electrons. The Morgan fingerprint density at radius 3 is 2.46 bits per heavy atom. The Bertz CT molecular complexity index is 371. The molecule has 1 N–H and O–H groups in total. The third-order valence-electron chi connectivity index (χ3n) is 1.43. The first kappa shape index (κ1) is 9.01. The van der Waals surface area contributed by atoms with Gasteiger partial charge in [0.2, 0.25) is 6.29 Å². The fourth-order valence-corrected chi connectivity index (χ4v) is 0.822. The van der Waals surface area contributed by atoms with Crippen molar-refractivity contribution in [1.82, 2.24) is 0 Å². The van der Waals surface area contributed by atoms with E-state index in [2.05, 4.69) is 0 Å². The molecule has 0 unspecified atom stereocenters. The van der Waals surface area contributed by atoms with Gasteiger partial charge in [-0.05, 0) is 23.8 Å². The first-order chi connectivity index (χ1) is 6.26. The molecule has 3 heteroatoms. The van der Waals surface area contributed by atoms with Crippen LogP contribution in [0.5, 0.6) is 5.75 Å². The van der Waals surface area contributed by atoms with Crippen molar-refractivity contribution in [3.63, 3.8) is 0 Å². The van der Waals surface area contributed by atoms with Crippen molar-refractivity contribution in [3.05, 3.63) is 35.4 Å². The summed E-state index contributed by atoms with van der Waals surface area (Å²) in [6.45, 7) is 0. The predicted octanol–water partition coefficient (Wildman–Crippen LogP) is 1.41.